The van der Waals surface area contributed by atoms with Gasteiger partial charge in [-0.2, -0.15) is 0 Å². The zero-order valence-corrected chi connectivity index (χ0v) is 18.4. The summed E-state index contributed by atoms with van der Waals surface area (Å²) in [6.45, 7) is 5.52. The molecule has 0 aliphatic carbocycles. The minimum Gasteiger partial charge on any atom is -0.411 e. The van der Waals surface area contributed by atoms with Gasteiger partial charge in [0.15, 0.2) is 0 Å². The number of hydrogen-bond donors (Lipinski definition) is 2. The first-order chi connectivity index (χ1) is 14.3. The van der Waals surface area contributed by atoms with E-state index in [0.29, 0.717) is 11.3 Å². The molecule has 3 rings (SSSR count). The molecular weight excluding hydrogens is 424 g/mol. The lowest BCUT2D eigenvalue weighted by molar-refractivity contribution is -0.113. The smallest absolute Gasteiger partial charge is 0.277 e. The first-order valence-corrected chi connectivity index (χ1v) is 11.8. The summed E-state index contributed by atoms with van der Waals surface area (Å²) in [5.41, 5.74) is 4.02. The normalized spacial score (nSPS) is 11.3. The molecule has 0 unspecified atom stereocenters. The van der Waals surface area contributed by atoms with E-state index in [4.69, 9.17) is 4.42 Å². The molecule has 0 saturated carbocycles. The van der Waals surface area contributed by atoms with Crippen LogP contribution < -0.4 is 10.0 Å². The highest BCUT2D eigenvalue weighted by atomic mass is 32.2. The number of carbonyl (C=O) groups is 1. The number of aryl methyl sites for hydroxylation is 1. The molecule has 0 saturated heterocycles. The molecule has 10 heteroatoms. The summed E-state index contributed by atoms with van der Waals surface area (Å²) in [5.74, 6) is 0.251. The van der Waals surface area contributed by atoms with E-state index < -0.39 is 10.0 Å². The van der Waals surface area contributed by atoms with Crippen LogP contribution in [0.3, 0.4) is 0 Å². The maximum atomic E-state index is 12.2. The van der Waals surface area contributed by atoms with Gasteiger partial charge in [-0.25, -0.2) is 8.42 Å². The van der Waals surface area contributed by atoms with Gasteiger partial charge in [0.05, 0.1) is 11.5 Å². The average Bonchev–Trinajstić information content (AvgIpc) is 3.19. The third kappa shape index (κ3) is 5.61. The van der Waals surface area contributed by atoms with Crippen LogP contribution >= 0.6 is 11.8 Å². The van der Waals surface area contributed by atoms with Gasteiger partial charge in [0.1, 0.15) is 0 Å². The second kappa shape index (κ2) is 9.31. The van der Waals surface area contributed by atoms with Crippen LogP contribution in [0.2, 0.25) is 0 Å². The Morgan fingerprint density at radius 3 is 2.53 bits per heavy atom. The first-order valence-electron chi connectivity index (χ1n) is 9.20. The quantitative estimate of drug-likeness (QED) is 0.505. The number of benzene rings is 2. The lowest BCUT2D eigenvalue weighted by atomic mass is 10.1. The average molecular weight is 447 g/mol. The molecule has 1 heterocycles. The summed E-state index contributed by atoms with van der Waals surface area (Å²) in [6.07, 6.45) is 0. The highest BCUT2D eigenvalue weighted by Crippen LogP contribution is 2.25. The monoisotopic (exact) mass is 446 g/mol. The Balaban J connectivity index is 1.58. The van der Waals surface area contributed by atoms with Crippen LogP contribution in [0, 0.1) is 13.8 Å². The number of anilines is 2. The SMILES string of the molecule is CCS(=O)(=O)Nc1ccc(-c2nnc(SCC(=O)Nc3cccc(C)c3C)o2)cc1. The lowest BCUT2D eigenvalue weighted by Crippen LogP contribution is -2.15. The van der Waals surface area contributed by atoms with Crippen molar-refractivity contribution in [3.05, 3.63) is 53.6 Å². The molecule has 2 aromatic carbocycles. The van der Waals surface area contributed by atoms with Gasteiger partial charge in [0.2, 0.25) is 21.8 Å². The molecular formula is C20H22N4O4S2. The largest absolute Gasteiger partial charge is 0.411 e. The maximum absolute atomic E-state index is 12.2. The van der Waals surface area contributed by atoms with E-state index in [1.165, 1.54) is 0 Å². The predicted molar refractivity (Wildman–Crippen MR) is 118 cm³/mol. The summed E-state index contributed by atoms with van der Waals surface area (Å²) in [6, 6.07) is 12.4. The number of nitrogens with zero attached hydrogens (tertiary/aromatic N) is 2. The van der Waals surface area contributed by atoms with Gasteiger partial charge < -0.3 is 9.73 Å². The molecule has 8 nitrogen and oxygen atoms in total. The van der Waals surface area contributed by atoms with Crippen molar-refractivity contribution in [2.75, 3.05) is 21.5 Å². The third-order valence-electron chi connectivity index (χ3n) is 4.40. The summed E-state index contributed by atoms with van der Waals surface area (Å²) in [4.78, 5) is 12.2. The third-order valence-corrected chi connectivity index (χ3v) is 6.52. The molecule has 3 aromatic rings. The van der Waals surface area contributed by atoms with Crippen molar-refractivity contribution in [3.8, 4) is 11.5 Å². The number of hydrogen-bond acceptors (Lipinski definition) is 7. The Bertz CT molecular complexity index is 1140. The van der Waals surface area contributed by atoms with Gasteiger partial charge in [-0.15, -0.1) is 10.2 Å². The number of thioether (sulfide) groups is 1. The standard InChI is InChI=1S/C20H22N4O4S2/c1-4-30(26,27)24-16-10-8-15(9-11-16)19-22-23-20(28-19)29-12-18(25)21-17-7-5-6-13(2)14(17)3/h5-11,24H,4,12H2,1-3H3,(H,21,25). The Hall–Kier alpha value is -2.85. The van der Waals surface area contributed by atoms with Crippen LogP contribution in [0.1, 0.15) is 18.1 Å². The summed E-state index contributed by atoms with van der Waals surface area (Å²) >= 11 is 1.14. The lowest BCUT2D eigenvalue weighted by Gasteiger charge is -2.09. The fraction of sp³-hybridized carbons (Fsp3) is 0.250. The molecule has 0 radical (unpaired) electrons. The summed E-state index contributed by atoms with van der Waals surface area (Å²) < 4.78 is 31.3. The fourth-order valence-corrected chi connectivity index (χ4v) is 3.72. The first kappa shape index (κ1) is 21.8. The van der Waals surface area contributed by atoms with E-state index in [-0.39, 0.29) is 28.5 Å². The number of sulfonamides is 1. The van der Waals surface area contributed by atoms with Gasteiger partial charge in [-0.1, -0.05) is 23.9 Å². The zero-order chi connectivity index (χ0) is 21.7. The van der Waals surface area contributed by atoms with E-state index in [0.717, 1.165) is 28.6 Å². The second-order valence-corrected chi connectivity index (χ2v) is 9.48. The van der Waals surface area contributed by atoms with Crippen molar-refractivity contribution >= 4 is 39.1 Å². The predicted octanol–water partition coefficient (Wildman–Crippen LogP) is 3.85. The molecule has 1 aromatic heterocycles. The Morgan fingerprint density at radius 1 is 1.10 bits per heavy atom. The van der Waals surface area contributed by atoms with Crippen LogP contribution in [-0.2, 0) is 14.8 Å². The van der Waals surface area contributed by atoms with Gasteiger partial charge in [-0.3, -0.25) is 9.52 Å². The molecule has 0 atom stereocenters. The van der Waals surface area contributed by atoms with Crippen LogP contribution in [-0.4, -0.2) is 36.0 Å². The molecule has 0 spiro atoms. The number of nitrogens with one attached hydrogen (secondary N) is 2. The molecule has 0 aliphatic heterocycles. The maximum Gasteiger partial charge on any atom is 0.277 e. The van der Waals surface area contributed by atoms with E-state index in [9.17, 15) is 13.2 Å². The van der Waals surface area contributed by atoms with Gasteiger partial charge in [0.25, 0.3) is 5.22 Å². The number of rotatable bonds is 8. The van der Waals surface area contributed by atoms with E-state index in [2.05, 4.69) is 20.2 Å². The highest BCUT2D eigenvalue weighted by molar-refractivity contribution is 7.99. The Labute approximate surface area is 179 Å². The Kier molecular flexibility index (Phi) is 6.78. The molecule has 0 fully saturated rings. The van der Waals surface area contributed by atoms with Crippen molar-refractivity contribution in [1.82, 2.24) is 10.2 Å². The van der Waals surface area contributed by atoms with Gasteiger partial charge in [0, 0.05) is 16.9 Å². The number of amides is 1. The zero-order valence-electron chi connectivity index (χ0n) is 16.8. The number of carbonyl (C=O) groups excluding carboxylic acids is 1. The van der Waals surface area contributed by atoms with Crippen LogP contribution in [0.15, 0.2) is 52.1 Å². The molecule has 158 valence electrons. The summed E-state index contributed by atoms with van der Waals surface area (Å²) in [7, 11) is -3.33. The van der Waals surface area contributed by atoms with E-state index in [1.54, 1.807) is 31.2 Å². The van der Waals surface area contributed by atoms with Crippen molar-refractivity contribution in [3.63, 3.8) is 0 Å². The van der Waals surface area contributed by atoms with Crippen molar-refractivity contribution in [1.29, 1.82) is 0 Å². The topological polar surface area (TPSA) is 114 Å². The van der Waals surface area contributed by atoms with Crippen LogP contribution in [0.25, 0.3) is 11.5 Å². The molecule has 0 bridgehead atoms. The van der Waals surface area contributed by atoms with E-state index in [1.807, 2.05) is 32.0 Å². The second-order valence-electron chi connectivity index (χ2n) is 6.54. The van der Waals surface area contributed by atoms with Crippen molar-refractivity contribution < 1.29 is 17.6 Å². The van der Waals surface area contributed by atoms with Crippen LogP contribution in [0.5, 0.6) is 0 Å². The van der Waals surface area contributed by atoms with Gasteiger partial charge in [-0.05, 0) is 62.2 Å². The minimum atomic E-state index is -3.33. The summed E-state index contributed by atoms with van der Waals surface area (Å²) in [5, 5.41) is 11.1. The van der Waals surface area contributed by atoms with Crippen molar-refractivity contribution in [2.24, 2.45) is 0 Å². The number of aromatic nitrogens is 2. The highest BCUT2D eigenvalue weighted by Gasteiger charge is 2.13. The fourth-order valence-electron chi connectivity index (χ4n) is 2.52. The molecule has 30 heavy (non-hydrogen) atoms. The van der Waals surface area contributed by atoms with Crippen LogP contribution in [0.4, 0.5) is 11.4 Å². The Morgan fingerprint density at radius 2 is 1.83 bits per heavy atom. The van der Waals surface area contributed by atoms with Crippen molar-refractivity contribution in [2.45, 2.75) is 26.0 Å². The minimum absolute atomic E-state index is 0.00395. The van der Waals surface area contributed by atoms with Gasteiger partial charge >= 0.3 is 0 Å². The molecule has 0 aliphatic rings. The van der Waals surface area contributed by atoms with E-state index >= 15 is 0 Å². The molecule has 2 N–H and O–H groups in total. The molecule has 1 amide bonds.